The fraction of sp³-hybridized carbons (Fsp3) is 0.167. The van der Waals surface area contributed by atoms with Crippen molar-refractivity contribution in [3.8, 4) is 10.6 Å². The summed E-state index contributed by atoms with van der Waals surface area (Å²) >= 11 is 14.1. The van der Waals surface area contributed by atoms with Gasteiger partial charge in [-0.2, -0.15) is 0 Å². The standard InChI is InChI=1S/C12H10Cl2N4OS.ClH/c13-6-1-4-20-11(6)9-7(14)8-10(18(9)3-2-15)12(19)17-5-16-8;/h1,4-5H,2-3,15H2,(H,16,17,19);1H. The summed E-state index contributed by atoms with van der Waals surface area (Å²) in [5, 5.41) is 2.88. The van der Waals surface area contributed by atoms with E-state index in [4.69, 9.17) is 28.9 Å². The predicted molar refractivity (Wildman–Crippen MR) is 90.0 cm³/mol. The monoisotopic (exact) mass is 364 g/mol. The number of hydrogen-bond acceptors (Lipinski definition) is 4. The Hall–Kier alpha value is -1.05. The molecule has 0 amide bonds. The minimum atomic E-state index is -0.246. The molecule has 0 bridgehead atoms. The van der Waals surface area contributed by atoms with Crippen LogP contribution in [0.25, 0.3) is 21.6 Å². The number of halogens is 3. The number of nitrogens with one attached hydrogen (secondary N) is 1. The van der Waals surface area contributed by atoms with Crippen LogP contribution >= 0.6 is 46.9 Å². The van der Waals surface area contributed by atoms with Gasteiger partial charge in [0.1, 0.15) is 11.0 Å². The zero-order valence-corrected chi connectivity index (χ0v) is 13.7. The predicted octanol–water partition coefficient (Wildman–Crippen LogP) is 3.14. The second kappa shape index (κ2) is 6.37. The molecule has 0 radical (unpaired) electrons. The summed E-state index contributed by atoms with van der Waals surface area (Å²) in [5.74, 6) is 0. The molecule has 0 spiro atoms. The number of rotatable bonds is 3. The molecule has 0 aliphatic rings. The average molecular weight is 366 g/mol. The Balaban J connectivity index is 0.00000161. The van der Waals surface area contributed by atoms with Gasteiger partial charge in [-0.3, -0.25) is 4.79 Å². The molecule has 21 heavy (non-hydrogen) atoms. The quantitative estimate of drug-likeness (QED) is 0.748. The molecule has 3 aromatic heterocycles. The number of fused-ring (bicyclic) bond motifs is 1. The average Bonchev–Trinajstić information content (AvgIpc) is 2.94. The van der Waals surface area contributed by atoms with E-state index < -0.39 is 0 Å². The van der Waals surface area contributed by atoms with Crippen LogP contribution in [0, 0.1) is 0 Å². The lowest BCUT2D eigenvalue weighted by atomic mass is 10.3. The Kier molecular flexibility index (Phi) is 4.95. The van der Waals surface area contributed by atoms with Gasteiger partial charge in [-0.15, -0.1) is 23.7 Å². The summed E-state index contributed by atoms with van der Waals surface area (Å²) in [6, 6.07) is 1.79. The minimum Gasteiger partial charge on any atom is -0.331 e. The number of nitrogens with two attached hydrogens (primary N) is 1. The van der Waals surface area contributed by atoms with Crippen molar-refractivity contribution in [1.82, 2.24) is 14.5 Å². The van der Waals surface area contributed by atoms with E-state index in [1.54, 1.807) is 10.6 Å². The molecule has 0 aliphatic heterocycles. The van der Waals surface area contributed by atoms with Crippen LogP contribution < -0.4 is 11.3 Å². The van der Waals surface area contributed by atoms with Crippen molar-refractivity contribution in [3.63, 3.8) is 0 Å². The number of thiophene rings is 1. The van der Waals surface area contributed by atoms with Crippen LogP contribution in [-0.4, -0.2) is 21.1 Å². The van der Waals surface area contributed by atoms with Gasteiger partial charge in [-0.25, -0.2) is 4.98 Å². The summed E-state index contributed by atoms with van der Waals surface area (Å²) in [4.78, 5) is 19.6. The van der Waals surface area contributed by atoms with Gasteiger partial charge in [0.15, 0.2) is 0 Å². The molecule has 5 nitrogen and oxygen atoms in total. The smallest absolute Gasteiger partial charge is 0.275 e. The zero-order valence-electron chi connectivity index (χ0n) is 10.6. The van der Waals surface area contributed by atoms with Crippen LogP contribution in [0.5, 0.6) is 0 Å². The summed E-state index contributed by atoms with van der Waals surface area (Å²) in [5.41, 5.74) is 6.97. The molecular weight excluding hydrogens is 355 g/mol. The molecule has 3 rings (SSSR count). The third kappa shape index (κ3) is 2.58. The van der Waals surface area contributed by atoms with Gasteiger partial charge in [0, 0.05) is 13.1 Å². The number of hydrogen-bond donors (Lipinski definition) is 2. The van der Waals surface area contributed by atoms with Gasteiger partial charge in [-0.1, -0.05) is 23.2 Å². The first-order valence-corrected chi connectivity index (χ1v) is 7.47. The maximum Gasteiger partial charge on any atom is 0.275 e. The van der Waals surface area contributed by atoms with Crippen molar-refractivity contribution in [2.24, 2.45) is 5.73 Å². The number of nitrogens with zero attached hydrogens (tertiary/aromatic N) is 2. The fourth-order valence-corrected chi connectivity index (χ4v) is 3.78. The van der Waals surface area contributed by atoms with Crippen molar-refractivity contribution in [1.29, 1.82) is 0 Å². The molecule has 112 valence electrons. The molecule has 0 saturated carbocycles. The van der Waals surface area contributed by atoms with E-state index in [0.29, 0.717) is 39.9 Å². The highest BCUT2D eigenvalue weighted by atomic mass is 35.5. The SMILES string of the molecule is Cl.NCCn1c(-c2sccc2Cl)c(Cl)c2nc[nH]c(=O)c21. The Morgan fingerprint density at radius 1 is 1.43 bits per heavy atom. The third-order valence-electron chi connectivity index (χ3n) is 2.97. The van der Waals surface area contributed by atoms with E-state index in [2.05, 4.69) is 9.97 Å². The first-order valence-electron chi connectivity index (χ1n) is 5.84. The van der Waals surface area contributed by atoms with Gasteiger partial charge in [-0.05, 0) is 11.4 Å². The number of H-pyrrole nitrogens is 1. The third-order valence-corrected chi connectivity index (χ3v) is 4.68. The lowest BCUT2D eigenvalue weighted by Crippen LogP contribution is -2.16. The molecule has 3 aromatic rings. The molecule has 0 atom stereocenters. The second-order valence-electron chi connectivity index (χ2n) is 4.13. The van der Waals surface area contributed by atoms with Crippen LogP contribution in [-0.2, 0) is 6.54 Å². The van der Waals surface area contributed by atoms with Crippen molar-refractivity contribution in [2.45, 2.75) is 6.54 Å². The Labute approximate surface area is 140 Å². The maximum absolute atomic E-state index is 12.0. The van der Waals surface area contributed by atoms with Crippen molar-refractivity contribution >= 4 is 58.0 Å². The van der Waals surface area contributed by atoms with Crippen LogP contribution in [0.1, 0.15) is 0 Å². The maximum atomic E-state index is 12.0. The van der Waals surface area contributed by atoms with Crippen molar-refractivity contribution < 1.29 is 0 Å². The summed E-state index contributed by atoms with van der Waals surface area (Å²) in [6.07, 6.45) is 1.34. The molecule has 0 unspecified atom stereocenters. The van der Waals surface area contributed by atoms with E-state index in [9.17, 15) is 4.79 Å². The van der Waals surface area contributed by atoms with Gasteiger partial charge in [0.05, 0.1) is 26.9 Å². The number of aromatic amines is 1. The van der Waals surface area contributed by atoms with Crippen LogP contribution in [0.2, 0.25) is 10.0 Å². The van der Waals surface area contributed by atoms with Crippen molar-refractivity contribution in [3.05, 3.63) is 38.2 Å². The Morgan fingerprint density at radius 3 is 2.81 bits per heavy atom. The zero-order chi connectivity index (χ0) is 14.3. The molecular formula is C12H11Cl3N4OS. The Bertz CT molecular complexity index is 839. The topological polar surface area (TPSA) is 76.7 Å². The van der Waals surface area contributed by atoms with Gasteiger partial charge in [0.25, 0.3) is 5.56 Å². The molecule has 0 aromatic carbocycles. The number of aromatic nitrogens is 3. The van der Waals surface area contributed by atoms with Gasteiger partial charge < -0.3 is 15.3 Å². The normalized spacial score (nSPS) is 10.8. The van der Waals surface area contributed by atoms with Crippen LogP contribution in [0.4, 0.5) is 0 Å². The van der Waals surface area contributed by atoms with E-state index >= 15 is 0 Å². The Morgan fingerprint density at radius 2 is 2.19 bits per heavy atom. The fourth-order valence-electron chi connectivity index (χ4n) is 2.18. The molecule has 3 N–H and O–H groups in total. The molecule has 3 heterocycles. The van der Waals surface area contributed by atoms with Crippen LogP contribution in [0.3, 0.4) is 0 Å². The van der Waals surface area contributed by atoms with Crippen molar-refractivity contribution in [2.75, 3.05) is 6.54 Å². The molecule has 0 fully saturated rings. The lowest BCUT2D eigenvalue weighted by molar-refractivity contribution is 0.739. The highest BCUT2D eigenvalue weighted by molar-refractivity contribution is 7.14. The summed E-state index contributed by atoms with van der Waals surface area (Å²) in [7, 11) is 0. The van der Waals surface area contributed by atoms with Gasteiger partial charge >= 0.3 is 0 Å². The van der Waals surface area contributed by atoms with E-state index in [0.717, 1.165) is 4.88 Å². The highest BCUT2D eigenvalue weighted by Crippen LogP contribution is 2.41. The highest BCUT2D eigenvalue weighted by Gasteiger charge is 2.22. The van der Waals surface area contributed by atoms with Crippen LogP contribution in [0.15, 0.2) is 22.6 Å². The summed E-state index contributed by atoms with van der Waals surface area (Å²) < 4.78 is 1.78. The van der Waals surface area contributed by atoms with Gasteiger partial charge in [0.2, 0.25) is 0 Å². The van der Waals surface area contributed by atoms with E-state index in [1.807, 2.05) is 5.38 Å². The molecule has 0 saturated heterocycles. The first-order chi connectivity index (χ1) is 9.65. The first kappa shape index (κ1) is 16.3. The van der Waals surface area contributed by atoms with E-state index in [1.165, 1.54) is 17.7 Å². The molecule has 9 heteroatoms. The lowest BCUT2D eigenvalue weighted by Gasteiger charge is -2.08. The second-order valence-corrected chi connectivity index (χ2v) is 5.83. The molecule has 0 aliphatic carbocycles. The largest absolute Gasteiger partial charge is 0.331 e. The minimum absolute atomic E-state index is 0. The van der Waals surface area contributed by atoms with E-state index in [-0.39, 0.29) is 18.0 Å². The summed E-state index contributed by atoms with van der Waals surface area (Å²) in [6.45, 7) is 0.839.